The maximum Gasteiger partial charge on any atom is 0.136 e. The fourth-order valence-electron chi connectivity index (χ4n) is 8.44. The van der Waals surface area contributed by atoms with Gasteiger partial charge in [-0.15, -0.1) is 0 Å². The van der Waals surface area contributed by atoms with Crippen molar-refractivity contribution in [2.24, 2.45) is 0 Å². The molecule has 11 rings (SSSR count). The molecule has 0 aliphatic rings. The summed E-state index contributed by atoms with van der Waals surface area (Å²) in [7, 11) is 0. The zero-order valence-electron chi connectivity index (χ0n) is 29.9. The SMILES string of the molecule is c1ccc(N(c2ccc(-c3ccc4c5ccc6ccccc6c5n(-c5ccccc5)c4c3)cc2)c2ccc(-c3cccc4oc5ccccc5c34)cc2)cc1. The Balaban J connectivity index is 0.997. The van der Waals surface area contributed by atoms with Crippen molar-refractivity contribution in [2.75, 3.05) is 4.90 Å². The molecule has 0 radical (unpaired) electrons. The number of hydrogen-bond donors (Lipinski definition) is 0. The van der Waals surface area contributed by atoms with Gasteiger partial charge in [-0.1, -0.05) is 140 Å². The summed E-state index contributed by atoms with van der Waals surface area (Å²) in [6.45, 7) is 0. The van der Waals surface area contributed by atoms with Crippen molar-refractivity contribution >= 4 is 71.6 Å². The smallest absolute Gasteiger partial charge is 0.136 e. The van der Waals surface area contributed by atoms with Crippen LogP contribution in [0.1, 0.15) is 0 Å². The summed E-state index contributed by atoms with van der Waals surface area (Å²) in [4.78, 5) is 2.32. The average Bonchev–Trinajstić information content (AvgIpc) is 3.81. The van der Waals surface area contributed by atoms with E-state index in [4.69, 9.17) is 4.42 Å². The lowest BCUT2D eigenvalue weighted by molar-refractivity contribution is 0.669. The van der Waals surface area contributed by atoms with Crippen LogP contribution in [-0.4, -0.2) is 4.57 Å². The number of fused-ring (bicyclic) bond motifs is 8. The molecule has 0 aliphatic carbocycles. The molecule has 2 heterocycles. The molecule has 55 heavy (non-hydrogen) atoms. The van der Waals surface area contributed by atoms with Crippen LogP contribution in [0.25, 0.3) is 82.5 Å². The second-order valence-corrected chi connectivity index (χ2v) is 14.1. The Kier molecular flexibility index (Phi) is 7.17. The number of benzene rings is 9. The molecule has 258 valence electrons. The summed E-state index contributed by atoms with van der Waals surface area (Å²) < 4.78 is 8.63. The van der Waals surface area contributed by atoms with Crippen molar-refractivity contribution in [3.05, 3.63) is 206 Å². The highest BCUT2D eigenvalue weighted by molar-refractivity contribution is 6.19. The first-order valence-corrected chi connectivity index (χ1v) is 18.8. The fraction of sp³-hybridized carbons (Fsp3) is 0. The molecule has 0 saturated carbocycles. The van der Waals surface area contributed by atoms with Crippen molar-refractivity contribution < 1.29 is 4.42 Å². The van der Waals surface area contributed by atoms with Crippen LogP contribution in [0, 0.1) is 0 Å². The Morgan fingerprint density at radius 2 is 0.982 bits per heavy atom. The Morgan fingerprint density at radius 1 is 0.382 bits per heavy atom. The van der Waals surface area contributed by atoms with Crippen LogP contribution in [0.3, 0.4) is 0 Å². The average molecular weight is 703 g/mol. The minimum atomic E-state index is 0.906. The summed E-state index contributed by atoms with van der Waals surface area (Å²) in [5.41, 5.74) is 13.4. The van der Waals surface area contributed by atoms with Crippen molar-refractivity contribution in [1.29, 1.82) is 0 Å². The third-order valence-electron chi connectivity index (χ3n) is 11.0. The summed E-state index contributed by atoms with van der Waals surface area (Å²) in [5.74, 6) is 0. The lowest BCUT2D eigenvalue weighted by atomic mass is 9.99. The van der Waals surface area contributed by atoms with Crippen molar-refractivity contribution in [3.8, 4) is 27.9 Å². The molecule has 0 aliphatic heterocycles. The van der Waals surface area contributed by atoms with Gasteiger partial charge in [-0.25, -0.2) is 0 Å². The Bertz CT molecular complexity index is 3180. The molecular formula is C52H34N2O. The lowest BCUT2D eigenvalue weighted by Crippen LogP contribution is -2.09. The molecule has 3 nitrogen and oxygen atoms in total. The van der Waals surface area contributed by atoms with Gasteiger partial charge in [-0.3, -0.25) is 0 Å². The standard InChI is InChI=1S/C52H34N2O/c1-3-13-39(14-4-1)53(42-30-24-37(25-31-42)43-19-11-21-50-51(43)47-18-9-10-20-49(47)55-50)41-28-22-35(23-29-41)38-27-32-45-46-33-26-36-12-7-8-17-44(36)52(46)54(48(45)34-38)40-15-5-2-6-16-40/h1-34H. The van der Waals surface area contributed by atoms with Gasteiger partial charge in [0.05, 0.1) is 11.0 Å². The first-order chi connectivity index (χ1) is 27.3. The van der Waals surface area contributed by atoms with Gasteiger partial charge in [0.2, 0.25) is 0 Å². The third-order valence-corrected chi connectivity index (χ3v) is 11.0. The summed E-state index contributed by atoms with van der Waals surface area (Å²) in [5, 5.41) is 7.30. The van der Waals surface area contributed by atoms with Gasteiger partial charge in [0.25, 0.3) is 0 Å². The molecule has 0 N–H and O–H groups in total. The largest absolute Gasteiger partial charge is 0.456 e. The van der Waals surface area contributed by atoms with Crippen LogP contribution in [0.15, 0.2) is 211 Å². The normalized spacial score (nSPS) is 11.6. The number of anilines is 3. The predicted octanol–water partition coefficient (Wildman–Crippen LogP) is 14.6. The van der Waals surface area contributed by atoms with Crippen molar-refractivity contribution in [2.45, 2.75) is 0 Å². The van der Waals surface area contributed by atoms with Gasteiger partial charge >= 0.3 is 0 Å². The Labute approximate surface area is 318 Å². The molecule has 0 spiro atoms. The minimum absolute atomic E-state index is 0.906. The lowest BCUT2D eigenvalue weighted by Gasteiger charge is -2.26. The first kappa shape index (κ1) is 31.2. The van der Waals surface area contributed by atoms with E-state index in [2.05, 4.69) is 204 Å². The van der Waals surface area contributed by atoms with E-state index in [1.54, 1.807) is 0 Å². The second kappa shape index (κ2) is 12.6. The number of nitrogens with zero attached hydrogens (tertiary/aromatic N) is 2. The molecule has 0 unspecified atom stereocenters. The van der Waals surface area contributed by atoms with Crippen molar-refractivity contribution in [3.63, 3.8) is 0 Å². The highest BCUT2D eigenvalue weighted by atomic mass is 16.3. The van der Waals surface area contributed by atoms with E-state index >= 15 is 0 Å². The van der Waals surface area contributed by atoms with E-state index < -0.39 is 0 Å². The monoisotopic (exact) mass is 702 g/mol. The number of hydrogen-bond acceptors (Lipinski definition) is 2. The molecule has 2 aromatic heterocycles. The van der Waals surface area contributed by atoms with Crippen LogP contribution in [0.4, 0.5) is 17.1 Å². The topological polar surface area (TPSA) is 21.3 Å². The summed E-state index contributed by atoms with van der Waals surface area (Å²) in [6.07, 6.45) is 0. The van der Waals surface area contributed by atoms with E-state index in [1.807, 2.05) is 12.1 Å². The molecule has 9 aromatic carbocycles. The predicted molar refractivity (Wildman–Crippen MR) is 231 cm³/mol. The van der Waals surface area contributed by atoms with E-state index in [1.165, 1.54) is 49.3 Å². The van der Waals surface area contributed by atoms with Gasteiger partial charge in [-0.05, 0) is 94.4 Å². The van der Waals surface area contributed by atoms with E-state index in [0.717, 1.165) is 50.3 Å². The van der Waals surface area contributed by atoms with E-state index in [0.29, 0.717) is 0 Å². The van der Waals surface area contributed by atoms with Gasteiger partial charge in [0.15, 0.2) is 0 Å². The summed E-state index contributed by atoms with van der Waals surface area (Å²) >= 11 is 0. The van der Waals surface area contributed by atoms with Gasteiger partial charge in [0.1, 0.15) is 11.2 Å². The number of rotatable bonds is 6. The number of aromatic nitrogens is 1. The molecule has 3 heteroatoms. The highest BCUT2D eigenvalue weighted by Gasteiger charge is 2.18. The van der Waals surface area contributed by atoms with Crippen LogP contribution in [0.2, 0.25) is 0 Å². The van der Waals surface area contributed by atoms with Crippen LogP contribution in [0.5, 0.6) is 0 Å². The highest BCUT2D eigenvalue weighted by Crippen LogP contribution is 2.41. The van der Waals surface area contributed by atoms with Gasteiger partial charge < -0.3 is 13.9 Å². The number of furan rings is 1. The molecule has 11 aromatic rings. The van der Waals surface area contributed by atoms with Gasteiger partial charge in [0, 0.05) is 49.7 Å². The second-order valence-electron chi connectivity index (χ2n) is 14.1. The van der Waals surface area contributed by atoms with Crippen molar-refractivity contribution in [1.82, 2.24) is 4.57 Å². The fourth-order valence-corrected chi connectivity index (χ4v) is 8.44. The van der Waals surface area contributed by atoms with E-state index in [-0.39, 0.29) is 0 Å². The maximum absolute atomic E-state index is 6.20. The summed E-state index contributed by atoms with van der Waals surface area (Å²) in [6, 6.07) is 73.9. The van der Waals surface area contributed by atoms with E-state index in [9.17, 15) is 0 Å². The molecule has 0 amide bonds. The Morgan fingerprint density at radius 3 is 1.76 bits per heavy atom. The molecule has 0 bridgehead atoms. The zero-order valence-corrected chi connectivity index (χ0v) is 29.9. The minimum Gasteiger partial charge on any atom is -0.456 e. The van der Waals surface area contributed by atoms with Crippen LogP contribution in [-0.2, 0) is 0 Å². The molecule has 0 fully saturated rings. The quantitative estimate of drug-likeness (QED) is 0.172. The maximum atomic E-state index is 6.20. The van der Waals surface area contributed by atoms with Crippen LogP contribution < -0.4 is 4.90 Å². The number of para-hydroxylation sites is 3. The molecular weight excluding hydrogens is 669 g/mol. The Hall–Kier alpha value is -7.36. The molecule has 0 atom stereocenters. The first-order valence-electron chi connectivity index (χ1n) is 18.8. The third kappa shape index (κ3) is 5.13. The molecule has 0 saturated heterocycles. The van der Waals surface area contributed by atoms with Gasteiger partial charge in [-0.2, -0.15) is 0 Å². The zero-order chi connectivity index (χ0) is 36.3. The van der Waals surface area contributed by atoms with Crippen LogP contribution >= 0.6 is 0 Å².